The molecule has 3 aromatic rings. The minimum Gasteiger partial charge on any atom is -0.480 e. The highest BCUT2D eigenvalue weighted by Gasteiger charge is 2.31. The standard InChI is InChI=1S/C26H30N4O3/c31-25(28-21(26(32)33)15-17-7-3-1-4-8-17)19-13-14-30-22(16-19)29-23(18-11-12-18)24(30)27-20-9-5-2-6-10-20/h1,3-4,7-8,13-14,16,18,20-21,27H,2,5-6,9-12,15H2,(H,28,31)(H,32,33). The number of carbonyl (C=O) groups excluding carboxylic acids is 1. The summed E-state index contributed by atoms with van der Waals surface area (Å²) in [6.07, 6.45) is 10.6. The summed E-state index contributed by atoms with van der Waals surface area (Å²) in [5, 5.41) is 16.0. The van der Waals surface area contributed by atoms with Crippen molar-refractivity contribution in [2.75, 3.05) is 5.32 Å². The summed E-state index contributed by atoms with van der Waals surface area (Å²) in [6, 6.07) is 12.3. The van der Waals surface area contributed by atoms with E-state index >= 15 is 0 Å². The fraction of sp³-hybridized carbons (Fsp3) is 0.423. The molecule has 5 rings (SSSR count). The molecule has 1 unspecified atom stereocenters. The number of pyridine rings is 1. The zero-order valence-corrected chi connectivity index (χ0v) is 18.7. The van der Waals surface area contributed by atoms with Gasteiger partial charge in [-0.2, -0.15) is 0 Å². The van der Waals surface area contributed by atoms with E-state index in [2.05, 4.69) is 10.6 Å². The maximum Gasteiger partial charge on any atom is 0.326 e. The molecule has 0 aliphatic heterocycles. The van der Waals surface area contributed by atoms with E-state index in [1.165, 1.54) is 32.1 Å². The number of carboxylic acid groups (broad SMARTS) is 1. The predicted molar refractivity (Wildman–Crippen MR) is 127 cm³/mol. The highest BCUT2D eigenvalue weighted by molar-refractivity contribution is 5.97. The van der Waals surface area contributed by atoms with Crippen LogP contribution in [-0.4, -0.2) is 38.5 Å². The van der Waals surface area contributed by atoms with E-state index in [9.17, 15) is 14.7 Å². The van der Waals surface area contributed by atoms with Crippen LogP contribution in [-0.2, 0) is 11.2 Å². The van der Waals surface area contributed by atoms with Crippen LogP contribution in [0, 0.1) is 0 Å². The number of imidazole rings is 1. The fourth-order valence-electron chi connectivity index (χ4n) is 4.72. The first-order chi connectivity index (χ1) is 16.1. The van der Waals surface area contributed by atoms with Gasteiger partial charge in [0.25, 0.3) is 5.91 Å². The molecule has 2 aliphatic rings. The van der Waals surface area contributed by atoms with Crippen molar-refractivity contribution in [3.05, 3.63) is 65.5 Å². The van der Waals surface area contributed by atoms with Gasteiger partial charge in [-0.15, -0.1) is 0 Å². The molecule has 0 saturated heterocycles. The molecule has 2 saturated carbocycles. The number of nitrogens with one attached hydrogen (secondary N) is 2. The summed E-state index contributed by atoms with van der Waals surface area (Å²) < 4.78 is 2.04. The molecule has 7 nitrogen and oxygen atoms in total. The number of aliphatic carboxylic acids is 1. The second-order valence-electron chi connectivity index (χ2n) is 9.30. The first-order valence-electron chi connectivity index (χ1n) is 11.9. The lowest BCUT2D eigenvalue weighted by Crippen LogP contribution is -2.42. The molecule has 0 radical (unpaired) electrons. The molecule has 7 heteroatoms. The number of hydrogen-bond acceptors (Lipinski definition) is 4. The second kappa shape index (κ2) is 9.25. The normalized spacial score (nSPS) is 17.6. The zero-order chi connectivity index (χ0) is 22.8. The zero-order valence-electron chi connectivity index (χ0n) is 18.7. The summed E-state index contributed by atoms with van der Waals surface area (Å²) in [5.74, 6) is 0.0806. The Morgan fingerprint density at radius 3 is 2.52 bits per heavy atom. The maximum absolute atomic E-state index is 12.9. The van der Waals surface area contributed by atoms with Gasteiger partial charge >= 0.3 is 5.97 Å². The van der Waals surface area contributed by atoms with Crippen molar-refractivity contribution >= 4 is 23.3 Å². The lowest BCUT2D eigenvalue weighted by molar-refractivity contribution is -0.139. The Hall–Kier alpha value is -3.35. The number of rotatable bonds is 8. The minimum absolute atomic E-state index is 0.231. The number of fused-ring (bicyclic) bond motifs is 1. The average Bonchev–Trinajstić information content (AvgIpc) is 3.62. The van der Waals surface area contributed by atoms with Crippen LogP contribution in [0.1, 0.15) is 72.5 Å². The number of benzene rings is 1. The van der Waals surface area contributed by atoms with Crippen molar-refractivity contribution in [3.63, 3.8) is 0 Å². The Morgan fingerprint density at radius 1 is 1.06 bits per heavy atom. The van der Waals surface area contributed by atoms with Crippen molar-refractivity contribution in [3.8, 4) is 0 Å². The van der Waals surface area contributed by atoms with E-state index in [1.54, 1.807) is 12.1 Å². The van der Waals surface area contributed by atoms with E-state index in [4.69, 9.17) is 4.98 Å². The van der Waals surface area contributed by atoms with E-state index in [0.29, 0.717) is 17.5 Å². The van der Waals surface area contributed by atoms with Crippen molar-refractivity contribution in [1.82, 2.24) is 14.7 Å². The average molecular weight is 447 g/mol. The maximum atomic E-state index is 12.9. The van der Waals surface area contributed by atoms with Crippen LogP contribution >= 0.6 is 0 Å². The number of hydrogen-bond donors (Lipinski definition) is 3. The first kappa shape index (κ1) is 21.5. The van der Waals surface area contributed by atoms with E-state index in [0.717, 1.165) is 35.6 Å². The molecule has 2 aliphatic carbocycles. The predicted octanol–water partition coefficient (Wildman–Crippen LogP) is 4.38. The molecule has 1 amide bonds. The van der Waals surface area contributed by atoms with Gasteiger partial charge in [-0.1, -0.05) is 49.6 Å². The second-order valence-corrected chi connectivity index (χ2v) is 9.30. The summed E-state index contributed by atoms with van der Waals surface area (Å²) in [7, 11) is 0. The number of anilines is 1. The quantitative estimate of drug-likeness (QED) is 0.477. The molecule has 33 heavy (non-hydrogen) atoms. The van der Waals surface area contributed by atoms with Gasteiger partial charge in [0.2, 0.25) is 0 Å². The van der Waals surface area contributed by atoms with Crippen LogP contribution < -0.4 is 10.6 Å². The summed E-state index contributed by atoms with van der Waals surface area (Å²) in [6.45, 7) is 0. The number of carbonyl (C=O) groups is 2. The number of nitrogens with zero attached hydrogens (tertiary/aromatic N) is 2. The fourth-order valence-corrected chi connectivity index (χ4v) is 4.72. The van der Waals surface area contributed by atoms with E-state index in [1.807, 2.05) is 40.9 Å². The Bertz CT molecular complexity index is 1150. The number of carboxylic acids is 1. The minimum atomic E-state index is -1.05. The molecular formula is C26H30N4O3. The van der Waals surface area contributed by atoms with Gasteiger partial charge in [-0.25, -0.2) is 9.78 Å². The van der Waals surface area contributed by atoms with Gasteiger partial charge in [0.1, 0.15) is 17.5 Å². The van der Waals surface area contributed by atoms with Gasteiger partial charge in [-0.05, 0) is 43.4 Å². The van der Waals surface area contributed by atoms with E-state index < -0.39 is 17.9 Å². The van der Waals surface area contributed by atoms with Gasteiger partial charge in [0, 0.05) is 30.1 Å². The van der Waals surface area contributed by atoms with Crippen LogP contribution in [0.2, 0.25) is 0 Å². The molecule has 0 spiro atoms. The highest BCUT2D eigenvalue weighted by atomic mass is 16.4. The van der Waals surface area contributed by atoms with Crippen molar-refractivity contribution in [2.24, 2.45) is 0 Å². The SMILES string of the molecule is O=C(NC(Cc1ccccc1)C(=O)O)c1ccn2c(NC3CCCCC3)c(C3CC3)nc2c1. The number of amides is 1. The largest absolute Gasteiger partial charge is 0.480 e. The molecule has 3 N–H and O–H groups in total. The smallest absolute Gasteiger partial charge is 0.326 e. The summed E-state index contributed by atoms with van der Waals surface area (Å²) in [4.78, 5) is 29.6. The van der Waals surface area contributed by atoms with Gasteiger partial charge in [0.05, 0.1) is 5.69 Å². The van der Waals surface area contributed by atoms with E-state index in [-0.39, 0.29) is 6.42 Å². The molecule has 2 heterocycles. The molecule has 2 fully saturated rings. The van der Waals surface area contributed by atoms with Crippen LogP contribution in [0.5, 0.6) is 0 Å². The van der Waals surface area contributed by atoms with Crippen molar-refractivity contribution in [2.45, 2.75) is 69.4 Å². The summed E-state index contributed by atoms with van der Waals surface area (Å²) >= 11 is 0. The lowest BCUT2D eigenvalue weighted by Gasteiger charge is -2.24. The van der Waals surface area contributed by atoms with Crippen LogP contribution in [0.4, 0.5) is 5.82 Å². The van der Waals surface area contributed by atoms with Gasteiger partial charge < -0.3 is 15.7 Å². The monoisotopic (exact) mass is 446 g/mol. The Balaban J connectivity index is 1.37. The van der Waals surface area contributed by atoms with Crippen molar-refractivity contribution < 1.29 is 14.7 Å². The Kier molecular flexibility index (Phi) is 6.03. The molecule has 2 aromatic heterocycles. The Morgan fingerprint density at radius 2 is 1.82 bits per heavy atom. The third-order valence-electron chi connectivity index (χ3n) is 6.71. The number of aromatic nitrogens is 2. The van der Waals surface area contributed by atoms with Gasteiger partial charge in [0.15, 0.2) is 0 Å². The van der Waals surface area contributed by atoms with Crippen LogP contribution in [0.25, 0.3) is 5.65 Å². The van der Waals surface area contributed by atoms with Crippen LogP contribution in [0.15, 0.2) is 48.7 Å². The molecule has 1 atom stereocenters. The molecular weight excluding hydrogens is 416 g/mol. The van der Waals surface area contributed by atoms with Crippen molar-refractivity contribution in [1.29, 1.82) is 0 Å². The molecule has 0 bridgehead atoms. The molecule has 172 valence electrons. The van der Waals surface area contributed by atoms with Crippen LogP contribution in [0.3, 0.4) is 0 Å². The topological polar surface area (TPSA) is 95.7 Å². The Labute approximate surface area is 193 Å². The summed E-state index contributed by atoms with van der Waals surface area (Å²) in [5.41, 5.74) is 3.09. The third-order valence-corrected chi connectivity index (χ3v) is 6.71. The first-order valence-corrected chi connectivity index (χ1v) is 11.9. The highest BCUT2D eigenvalue weighted by Crippen LogP contribution is 2.43. The third kappa shape index (κ3) is 4.87. The van der Waals surface area contributed by atoms with Gasteiger partial charge in [-0.3, -0.25) is 9.20 Å². The lowest BCUT2D eigenvalue weighted by atomic mass is 9.95. The molecule has 1 aromatic carbocycles.